The van der Waals surface area contributed by atoms with Crippen molar-refractivity contribution in [1.29, 1.82) is 0 Å². The Labute approximate surface area is 221 Å². The molecule has 4 rings (SSSR count). The zero-order valence-electron chi connectivity index (χ0n) is 19.7. The van der Waals surface area contributed by atoms with Crippen LogP contribution in [-0.4, -0.2) is 11.0 Å². The van der Waals surface area contributed by atoms with Crippen molar-refractivity contribution < 1.29 is 26.7 Å². The zero-order valence-corrected chi connectivity index (χ0v) is 20.5. The van der Waals surface area contributed by atoms with Crippen LogP contribution in [0.15, 0.2) is 103 Å². The number of nitrogens with one attached hydrogen (secondary N) is 2. The first kappa shape index (κ1) is 26.9. The van der Waals surface area contributed by atoms with E-state index in [1.54, 1.807) is 60.7 Å². The van der Waals surface area contributed by atoms with Crippen LogP contribution in [0.2, 0.25) is 0 Å². The summed E-state index contributed by atoms with van der Waals surface area (Å²) in [7, 11) is 0. The van der Waals surface area contributed by atoms with Gasteiger partial charge in [-0.05, 0) is 71.4 Å². The quantitative estimate of drug-likeness (QED) is 0.209. The number of carbonyl (C=O) groups is 1. The highest BCUT2D eigenvalue weighted by molar-refractivity contribution is 7.80. The lowest BCUT2D eigenvalue weighted by Gasteiger charge is -2.38. The fourth-order valence-corrected chi connectivity index (χ4v) is 4.45. The standard InChI is InChI=1S/C29H21F5N2OS/c30-24-13-11-21(12-14-24)28(18-19-7-3-1-4-8-19,22-15-23(29(32,33)34)17-25(31)16-22)36-27(38)35-26(37)20-9-5-2-6-10-20/h1-17H,18H2,(H2,35,36,37,38)/t28-/m0/s1. The Morgan fingerprint density at radius 2 is 1.29 bits per heavy atom. The molecular weight excluding hydrogens is 519 g/mol. The van der Waals surface area contributed by atoms with E-state index < -0.39 is 34.8 Å². The first-order valence-corrected chi connectivity index (χ1v) is 11.8. The Hall–Kier alpha value is -4.11. The summed E-state index contributed by atoms with van der Waals surface area (Å²) in [6.07, 6.45) is -4.85. The largest absolute Gasteiger partial charge is 0.416 e. The Balaban J connectivity index is 1.87. The summed E-state index contributed by atoms with van der Waals surface area (Å²) in [6, 6.07) is 24.2. The average molecular weight is 541 g/mol. The molecular formula is C29H21F5N2OS. The van der Waals surface area contributed by atoms with Gasteiger partial charge in [0.15, 0.2) is 5.11 Å². The normalized spacial score (nSPS) is 12.9. The molecule has 4 aromatic rings. The van der Waals surface area contributed by atoms with E-state index in [2.05, 4.69) is 10.6 Å². The molecule has 0 unspecified atom stereocenters. The van der Waals surface area contributed by atoms with Crippen LogP contribution in [0.25, 0.3) is 0 Å². The van der Waals surface area contributed by atoms with Gasteiger partial charge in [-0.15, -0.1) is 0 Å². The monoisotopic (exact) mass is 540 g/mol. The fourth-order valence-electron chi connectivity index (χ4n) is 4.19. The van der Waals surface area contributed by atoms with Gasteiger partial charge >= 0.3 is 6.18 Å². The lowest BCUT2D eigenvalue weighted by atomic mass is 9.77. The highest BCUT2D eigenvalue weighted by Gasteiger charge is 2.39. The molecule has 0 heterocycles. The number of hydrogen-bond donors (Lipinski definition) is 2. The second-order valence-electron chi connectivity index (χ2n) is 8.58. The highest BCUT2D eigenvalue weighted by atomic mass is 32.1. The van der Waals surface area contributed by atoms with Crippen molar-refractivity contribution in [3.8, 4) is 0 Å². The van der Waals surface area contributed by atoms with Crippen LogP contribution in [-0.2, 0) is 18.1 Å². The summed E-state index contributed by atoms with van der Waals surface area (Å²) in [6.45, 7) is 0. The van der Waals surface area contributed by atoms with Gasteiger partial charge in [0.25, 0.3) is 5.91 Å². The van der Waals surface area contributed by atoms with Crippen LogP contribution in [0, 0.1) is 11.6 Å². The summed E-state index contributed by atoms with van der Waals surface area (Å²) in [5.74, 6) is -2.24. The molecule has 9 heteroatoms. The van der Waals surface area contributed by atoms with Crippen molar-refractivity contribution in [1.82, 2.24) is 10.6 Å². The van der Waals surface area contributed by atoms with E-state index in [1.807, 2.05) is 0 Å². The van der Waals surface area contributed by atoms with Gasteiger partial charge in [0.1, 0.15) is 11.6 Å². The molecule has 0 aliphatic rings. The molecule has 38 heavy (non-hydrogen) atoms. The predicted octanol–water partition coefficient (Wildman–Crippen LogP) is 6.77. The van der Waals surface area contributed by atoms with Gasteiger partial charge in [0.05, 0.1) is 11.1 Å². The number of amides is 1. The predicted molar refractivity (Wildman–Crippen MR) is 138 cm³/mol. The van der Waals surface area contributed by atoms with Gasteiger partial charge in [0.2, 0.25) is 0 Å². The Kier molecular flexibility index (Phi) is 7.87. The molecule has 1 amide bonds. The number of carbonyl (C=O) groups excluding carboxylic acids is 1. The minimum Gasteiger partial charge on any atom is -0.348 e. The molecule has 194 valence electrons. The summed E-state index contributed by atoms with van der Waals surface area (Å²) >= 11 is 5.43. The smallest absolute Gasteiger partial charge is 0.348 e. The van der Waals surface area contributed by atoms with Gasteiger partial charge in [-0.3, -0.25) is 10.1 Å². The lowest BCUT2D eigenvalue weighted by Crippen LogP contribution is -2.53. The number of hydrogen-bond acceptors (Lipinski definition) is 2. The maximum Gasteiger partial charge on any atom is 0.416 e. The molecule has 3 nitrogen and oxygen atoms in total. The molecule has 0 saturated heterocycles. The molecule has 2 N–H and O–H groups in total. The van der Waals surface area contributed by atoms with Crippen molar-refractivity contribution in [3.05, 3.63) is 143 Å². The van der Waals surface area contributed by atoms with Crippen LogP contribution in [0.5, 0.6) is 0 Å². The molecule has 0 radical (unpaired) electrons. The highest BCUT2D eigenvalue weighted by Crippen LogP contribution is 2.38. The molecule has 4 aromatic carbocycles. The first-order chi connectivity index (χ1) is 18.1. The number of alkyl halides is 3. The van der Waals surface area contributed by atoms with Crippen molar-refractivity contribution in [2.24, 2.45) is 0 Å². The minimum absolute atomic E-state index is 0.0123. The third-order valence-electron chi connectivity index (χ3n) is 5.96. The van der Waals surface area contributed by atoms with Gasteiger partial charge in [-0.2, -0.15) is 13.2 Å². The second-order valence-corrected chi connectivity index (χ2v) is 8.98. The van der Waals surface area contributed by atoms with Crippen LogP contribution < -0.4 is 10.6 Å². The molecule has 0 spiro atoms. The SMILES string of the molecule is O=C(NC(=S)N[C@@](Cc1ccccc1)(c1ccc(F)cc1)c1cc(F)cc(C(F)(F)F)c1)c1ccccc1. The molecule has 0 bridgehead atoms. The lowest BCUT2D eigenvalue weighted by molar-refractivity contribution is -0.137. The summed E-state index contributed by atoms with van der Waals surface area (Å²) < 4.78 is 69.7. The summed E-state index contributed by atoms with van der Waals surface area (Å²) in [5.41, 5.74) is -1.67. The van der Waals surface area contributed by atoms with Crippen molar-refractivity contribution in [2.45, 2.75) is 18.1 Å². The molecule has 0 aliphatic carbocycles. The van der Waals surface area contributed by atoms with Crippen LogP contribution >= 0.6 is 12.2 Å². The van der Waals surface area contributed by atoms with Gasteiger partial charge in [0, 0.05) is 12.0 Å². The van der Waals surface area contributed by atoms with Crippen molar-refractivity contribution >= 4 is 23.2 Å². The maximum atomic E-state index is 14.7. The topological polar surface area (TPSA) is 41.1 Å². The molecule has 0 fully saturated rings. The maximum absolute atomic E-state index is 14.7. The molecule has 1 atom stereocenters. The van der Waals surface area contributed by atoms with E-state index in [-0.39, 0.29) is 17.1 Å². The number of thiocarbonyl (C=S) groups is 1. The van der Waals surface area contributed by atoms with Crippen LogP contribution in [0.1, 0.15) is 32.6 Å². The third-order valence-corrected chi connectivity index (χ3v) is 6.16. The van der Waals surface area contributed by atoms with E-state index in [0.29, 0.717) is 22.8 Å². The van der Waals surface area contributed by atoms with E-state index in [0.717, 1.165) is 24.3 Å². The summed E-state index contributed by atoms with van der Waals surface area (Å²) in [4.78, 5) is 12.8. The third kappa shape index (κ3) is 6.23. The van der Waals surface area contributed by atoms with E-state index >= 15 is 0 Å². The van der Waals surface area contributed by atoms with Crippen molar-refractivity contribution in [3.63, 3.8) is 0 Å². The Morgan fingerprint density at radius 3 is 1.89 bits per heavy atom. The molecule has 0 aliphatic heterocycles. The van der Waals surface area contributed by atoms with Crippen molar-refractivity contribution in [2.75, 3.05) is 0 Å². The Bertz CT molecular complexity index is 1430. The van der Waals surface area contributed by atoms with E-state index in [1.165, 1.54) is 12.1 Å². The number of halogens is 5. The van der Waals surface area contributed by atoms with E-state index in [9.17, 15) is 26.7 Å². The number of benzene rings is 4. The van der Waals surface area contributed by atoms with E-state index in [4.69, 9.17) is 12.2 Å². The van der Waals surface area contributed by atoms with Crippen LogP contribution in [0.3, 0.4) is 0 Å². The van der Waals surface area contributed by atoms with Gasteiger partial charge in [-0.1, -0.05) is 60.7 Å². The first-order valence-electron chi connectivity index (χ1n) is 11.4. The average Bonchev–Trinajstić information content (AvgIpc) is 2.89. The number of rotatable bonds is 6. The summed E-state index contributed by atoms with van der Waals surface area (Å²) in [5, 5.41) is 5.31. The van der Waals surface area contributed by atoms with Gasteiger partial charge in [-0.25, -0.2) is 8.78 Å². The minimum atomic E-state index is -4.83. The Morgan fingerprint density at radius 1 is 0.711 bits per heavy atom. The second kappa shape index (κ2) is 11.1. The molecule has 0 aromatic heterocycles. The zero-order chi connectivity index (χ0) is 27.3. The fraction of sp³-hybridized carbons (Fsp3) is 0.103. The van der Waals surface area contributed by atoms with Crippen LogP contribution in [0.4, 0.5) is 22.0 Å². The van der Waals surface area contributed by atoms with Gasteiger partial charge < -0.3 is 5.32 Å². The molecule has 0 saturated carbocycles.